The predicted molar refractivity (Wildman–Crippen MR) is 135 cm³/mol. The molecule has 34 heavy (non-hydrogen) atoms. The number of hydrogen-bond acceptors (Lipinski definition) is 6. The molecule has 3 aromatic carbocycles. The van der Waals surface area contributed by atoms with Crippen molar-refractivity contribution in [3.05, 3.63) is 87.7 Å². The number of carbonyl (C=O) groups is 2. The van der Waals surface area contributed by atoms with Crippen molar-refractivity contribution in [2.75, 3.05) is 14.2 Å². The first-order valence-electron chi connectivity index (χ1n) is 10.2. The number of methoxy groups -OCH3 is 2. The molecule has 0 aliphatic heterocycles. The molecule has 0 unspecified atom stereocenters. The van der Waals surface area contributed by atoms with Gasteiger partial charge in [0.05, 0.1) is 25.3 Å². The van der Waals surface area contributed by atoms with Crippen molar-refractivity contribution < 1.29 is 19.1 Å². The standard InChI is InChI=1S/C26H19Cl2NO4S/c1-14-9-11-15(12-10-14)19-20-17(13-18(27)29-24(20)28)23(34-16-7-5-4-6-8-16)22(26(31)33-3)21(19)25(30)32-2/h4-13H,1-3H3. The van der Waals surface area contributed by atoms with Gasteiger partial charge in [0.1, 0.15) is 10.3 Å². The van der Waals surface area contributed by atoms with Crippen molar-refractivity contribution >= 4 is 57.7 Å². The van der Waals surface area contributed by atoms with Crippen LogP contribution in [0.4, 0.5) is 0 Å². The number of esters is 2. The Hall–Kier alpha value is -3.06. The summed E-state index contributed by atoms with van der Waals surface area (Å²) in [7, 11) is 2.53. The van der Waals surface area contributed by atoms with Crippen molar-refractivity contribution in [1.82, 2.24) is 4.98 Å². The number of pyridine rings is 1. The monoisotopic (exact) mass is 511 g/mol. The van der Waals surface area contributed by atoms with E-state index < -0.39 is 11.9 Å². The van der Waals surface area contributed by atoms with Crippen LogP contribution in [0.2, 0.25) is 10.3 Å². The molecule has 4 aromatic rings. The van der Waals surface area contributed by atoms with Crippen LogP contribution in [0.5, 0.6) is 0 Å². The molecule has 0 saturated carbocycles. The van der Waals surface area contributed by atoms with Gasteiger partial charge in [0.15, 0.2) is 0 Å². The Labute approximate surface area is 211 Å². The summed E-state index contributed by atoms with van der Waals surface area (Å²) in [5, 5.41) is 1.32. The number of aryl methyl sites for hydroxylation is 1. The Morgan fingerprint density at radius 2 is 1.50 bits per heavy atom. The number of rotatable bonds is 5. The van der Waals surface area contributed by atoms with E-state index in [-0.39, 0.29) is 21.4 Å². The summed E-state index contributed by atoms with van der Waals surface area (Å²) in [4.78, 5) is 31.9. The molecule has 1 aromatic heterocycles. The first-order chi connectivity index (χ1) is 16.3. The van der Waals surface area contributed by atoms with Crippen molar-refractivity contribution in [1.29, 1.82) is 0 Å². The summed E-state index contributed by atoms with van der Waals surface area (Å²) in [6.07, 6.45) is 0. The minimum Gasteiger partial charge on any atom is -0.465 e. The van der Waals surface area contributed by atoms with Crippen LogP contribution in [0.3, 0.4) is 0 Å². The minimum absolute atomic E-state index is 0.0511. The number of ether oxygens (including phenoxy) is 2. The van der Waals surface area contributed by atoms with E-state index in [2.05, 4.69) is 4.98 Å². The third-order valence-electron chi connectivity index (χ3n) is 5.25. The average Bonchev–Trinajstić information content (AvgIpc) is 2.84. The summed E-state index contributed by atoms with van der Waals surface area (Å²) >= 11 is 14.2. The number of aromatic nitrogens is 1. The molecule has 8 heteroatoms. The summed E-state index contributed by atoms with van der Waals surface area (Å²) in [5.74, 6) is -1.38. The Balaban J connectivity index is 2.24. The van der Waals surface area contributed by atoms with Gasteiger partial charge in [-0.15, -0.1) is 0 Å². The van der Waals surface area contributed by atoms with Crippen LogP contribution in [0, 0.1) is 6.92 Å². The van der Waals surface area contributed by atoms with Crippen molar-refractivity contribution in [2.24, 2.45) is 0 Å². The molecule has 0 fully saturated rings. The first kappa shape index (κ1) is 24.1. The highest BCUT2D eigenvalue weighted by molar-refractivity contribution is 7.99. The highest BCUT2D eigenvalue weighted by Crippen LogP contribution is 2.46. The van der Waals surface area contributed by atoms with Crippen LogP contribution in [0.15, 0.2) is 70.5 Å². The third kappa shape index (κ3) is 4.49. The Kier molecular flexibility index (Phi) is 7.12. The quantitative estimate of drug-likeness (QED) is 0.207. The molecule has 1 heterocycles. The van der Waals surface area contributed by atoms with Gasteiger partial charge in [-0.1, -0.05) is 83.0 Å². The van der Waals surface area contributed by atoms with Crippen LogP contribution in [0.25, 0.3) is 21.9 Å². The van der Waals surface area contributed by atoms with Crippen LogP contribution in [-0.2, 0) is 9.47 Å². The van der Waals surface area contributed by atoms with Gasteiger partial charge < -0.3 is 9.47 Å². The van der Waals surface area contributed by atoms with E-state index in [4.69, 9.17) is 32.7 Å². The molecule has 0 aliphatic rings. The SMILES string of the molecule is COC(=O)c1c(C(=O)OC)c(-c2ccc(C)cc2)c2c(Cl)nc(Cl)cc2c1Sc1ccccc1. The Morgan fingerprint density at radius 1 is 0.882 bits per heavy atom. The van der Waals surface area contributed by atoms with Gasteiger partial charge in [-0.05, 0) is 30.7 Å². The van der Waals surface area contributed by atoms with Gasteiger partial charge in [0.25, 0.3) is 0 Å². The maximum atomic E-state index is 13.2. The zero-order valence-electron chi connectivity index (χ0n) is 18.5. The molecule has 172 valence electrons. The molecular formula is C26H19Cl2NO4S. The lowest BCUT2D eigenvalue weighted by Crippen LogP contribution is -2.16. The fourth-order valence-corrected chi connectivity index (χ4v) is 5.34. The fraction of sp³-hybridized carbons (Fsp3) is 0.115. The summed E-state index contributed by atoms with van der Waals surface area (Å²) in [6.45, 7) is 1.96. The Bertz CT molecular complexity index is 1410. The number of carbonyl (C=O) groups excluding carboxylic acids is 2. The van der Waals surface area contributed by atoms with Gasteiger partial charge in [0.2, 0.25) is 0 Å². The van der Waals surface area contributed by atoms with Gasteiger partial charge in [-0.3, -0.25) is 0 Å². The molecule has 0 radical (unpaired) electrons. The molecule has 0 amide bonds. The molecule has 0 N–H and O–H groups in total. The molecule has 0 atom stereocenters. The molecule has 0 bridgehead atoms. The molecular weight excluding hydrogens is 493 g/mol. The van der Waals surface area contributed by atoms with E-state index in [0.29, 0.717) is 26.8 Å². The van der Waals surface area contributed by atoms with Gasteiger partial charge in [-0.2, -0.15) is 0 Å². The number of hydrogen-bond donors (Lipinski definition) is 0. The highest BCUT2D eigenvalue weighted by Gasteiger charge is 2.32. The number of fused-ring (bicyclic) bond motifs is 1. The predicted octanol–water partition coefficient (Wildman–Crippen LogP) is 7.24. The van der Waals surface area contributed by atoms with Crippen molar-refractivity contribution in [2.45, 2.75) is 16.7 Å². The second kappa shape index (κ2) is 10.1. The average molecular weight is 512 g/mol. The van der Waals surface area contributed by atoms with E-state index in [0.717, 1.165) is 10.5 Å². The fourth-order valence-electron chi connectivity index (χ4n) is 3.72. The lowest BCUT2D eigenvalue weighted by Gasteiger charge is -2.21. The smallest absolute Gasteiger partial charge is 0.339 e. The highest BCUT2D eigenvalue weighted by atomic mass is 35.5. The third-order valence-corrected chi connectivity index (χ3v) is 6.85. The van der Waals surface area contributed by atoms with E-state index in [1.54, 1.807) is 6.07 Å². The lowest BCUT2D eigenvalue weighted by molar-refractivity contribution is 0.0553. The van der Waals surface area contributed by atoms with Crippen molar-refractivity contribution in [3.8, 4) is 11.1 Å². The molecule has 0 spiro atoms. The summed E-state index contributed by atoms with van der Waals surface area (Å²) < 4.78 is 10.3. The van der Waals surface area contributed by atoms with Crippen LogP contribution in [-0.4, -0.2) is 31.1 Å². The second-order valence-corrected chi connectivity index (χ2v) is 9.21. The van der Waals surface area contributed by atoms with Crippen LogP contribution < -0.4 is 0 Å². The lowest BCUT2D eigenvalue weighted by atomic mass is 9.89. The van der Waals surface area contributed by atoms with E-state index in [9.17, 15) is 9.59 Å². The van der Waals surface area contributed by atoms with E-state index >= 15 is 0 Å². The normalized spacial score (nSPS) is 10.9. The topological polar surface area (TPSA) is 65.5 Å². The number of halogens is 2. The van der Waals surface area contributed by atoms with E-state index in [1.807, 2.05) is 61.5 Å². The number of benzene rings is 3. The zero-order chi connectivity index (χ0) is 24.4. The van der Waals surface area contributed by atoms with Crippen LogP contribution >= 0.6 is 35.0 Å². The maximum absolute atomic E-state index is 13.2. The molecule has 0 aliphatic carbocycles. The summed E-state index contributed by atoms with van der Waals surface area (Å²) in [6, 6.07) is 18.6. The molecule has 0 saturated heterocycles. The number of nitrogens with zero attached hydrogens (tertiary/aromatic N) is 1. The van der Waals surface area contributed by atoms with Crippen LogP contribution in [0.1, 0.15) is 26.3 Å². The molecule has 5 nitrogen and oxygen atoms in total. The van der Waals surface area contributed by atoms with Crippen molar-refractivity contribution in [3.63, 3.8) is 0 Å². The second-order valence-electron chi connectivity index (χ2n) is 7.38. The minimum atomic E-state index is -0.696. The first-order valence-corrected chi connectivity index (χ1v) is 11.7. The Morgan fingerprint density at radius 3 is 2.12 bits per heavy atom. The largest absolute Gasteiger partial charge is 0.465 e. The maximum Gasteiger partial charge on any atom is 0.339 e. The van der Waals surface area contributed by atoms with Gasteiger partial charge in [0, 0.05) is 26.1 Å². The summed E-state index contributed by atoms with van der Waals surface area (Å²) in [5.41, 5.74) is 2.25. The van der Waals surface area contributed by atoms with E-state index in [1.165, 1.54) is 26.0 Å². The zero-order valence-corrected chi connectivity index (χ0v) is 20.8. The molecule has 4 rings (SSSR count). The van der Waals surface area contributed by atoms with Gasteiger partial charge >= 0.3 is 11.9 Å². The van der Waals surface area contributed by atoms with Gasteiger partial charge in [-0.25, -0.2) is 14.6 Å².